The smallest absolute Gasteiger partial charge is 0.0640 e. The molecule has 0 atom stereocenters. The summed E-state index contributed by atoms with van der Waals surface area (Å²) in [6.07, 6.45) is 3.87. The van der Waals surface area contributed by atoms with Crippen LogP contribution >= 0.6 is 11.3 Å². The van der Waals surface area contributed by atoms with Gasteiger partial charge < -0.3 is 4.90 Å². The predicted molar refractivity (Wildman–Crippen MR) is 215 cm³/mol. The molecular formula is C47H30N2S. The van der Waals surface area contributed by atoms with Crippen LogP contribution in [0.25, 0.3) is 74.7 Å². The Kier molecular flexibility index (Phi) is 6.71. The highest BCUT2D eigenvalue weighted by Crippen LogP contribution is 2.45. The number of aromatic nitrogens is 1. The van der Waals surface area contributed by atoms with Gasteiger partial charge >= 0.3 is 0 Å². The Morgan fingerprint density at radius 1 is 0.420 bits per heavy atom. The lowest BCUT2D eigenvalue weighted by Gasteiger charge is -2.26. The maximum Gasteiger partial charge on any atom is 0.0640 e. The van der Waals surface area contributed by atoms with Crippen molar-refractivity contribution >= 4 is 80.9 Å². The quantitative estimate of drug-likeness (QED) is 0.172. The fraction of sp³-hybridized carbons (Fsp3) is 0. The molecular weight excluding hydrogens is 625 g/mol. The minimum Gasteiger partial charge on any atom is -0.309 e. The highest BCUT2D eigenvalue weighted by Gasteiger charge is 2.19. The van der Waals surface area contributed by atoms with Gasteiger partial charge in [0.25, 0.3) is 0 Å². The van der Waals surface area contributed by atoms with Crippen molar-refractivity contribution in [2.45, 2.75) is 0 Å². The second-order valence-electron chi connectivity index (χ2n) is 12.8. The van der Waals surface area contributed by atoms with E-state index in [1.807, 2.05) is 23.7 Å². The zero-order valence-corrected chi connectivity index (χ0v) is 27.9. The van der Waals surface area contributed by atoms with Crippen LogP contribution in [0, 0.1) is 0 Å². The highest BCUT2D eigenvalue weighted by atomic mass is 32.1. The predicted octanol–water partition coefficient (Wildman–Crippen LogP) is 13.7. The average Bonchev–Trinajstić information content (AvgIpc) is 3.58. The van der Waals surface area contributed by atoms with Crippen LogP contribution in [0.5, 0.6) is 0 Å². The van der Waals surface area contributed by atoms with Crippen molar-refractivity contribution in [3.05, 3.63) is 182 Å². The molecule has 8 aromatic carbocycles. The lowest BCUT2D eigenvalue weighted by molar-refractivity contribution is 1.30. The fourth-order valence-corrected chi connectivity index (χ4v) is 8.73. The molecule has 0 amide bonds. The molecule has 234 valence electrons. The van der Waals surface area contributed by atoms with Crippen molar-refractivity contribution in [1.29, 1.82) is 0 Å². The summed E-state index contributed by atoms with van der Waals surface area (Å²) in [6.45, 7) is 0. The number of hydrogen-bond donors (Lipinski definition) is 0. The highest BCUT2D eigenvalue weighted by molar-refractivity contribution is 7.26. The minimum absolute atomic E-state index is 1.11. The summed E-state index contributed by atoms with van der Waals surface area (Å²) in [5, 5.41) is 10.1. The van der Waals surface area contributed by atoms with Crippen LogP contribution in [0.3, 0.4) is 0 Å². The van der Waals surface area contributed by atoms with E-state index < -0.39 is 0 Å². The molecule has 2 aromatic heterocycles. The Morgan fingerprint density at radius 3 is 1.86 bits per heavy atom. The topological polar surface area (TPSA) is 16.1 Å². The van der Waals surface area contributed by atoms with Crippen LogP contribution in [0.1, 0.15) is 0 Å². The fourth-order valence-electron chi connectivity index (χ4n) is 7.55. The zero-order chi connectivity index (χ0) is 33.0. The molecule has 0 N–H and O–H groups in total. The molecule has 0 spiro atoms. The van der Waals surface area contributed by atoms with E-state index in [9.17, 15) is 0 Å². The van der Waals surface area contributed by atoms with Gasteiger partial charge in [0.1, 0.15) is 0 Å². The standard InChI is InChI=1S/C47H30N2S/c1-2-9-31(10-3-1)32-17-22-35(23-18-32)49(45-16-8-15-41-44-30-48-28-27-46(44)50-47(41)45)36-24-19-34(20-25-36)42-29-43-37-12-5-4-11-33(37)21-26-40(43)38-13-6-7-14-39(38)42/h1-30H. The molecule has 0 unspecified atom stereocenters. The second kappa shape index (κ2) is 11.7. The summed E-state index contributed by atoms with van der Waals surface area (Å²) in [6, 6.07) is 61.8. The molecule has 50 heavy (non-hydrogen) atoms. The molecule has 0 aliphatic heterocycles. The Morgan fingerprint density at radius 2 is 1.06 bits per heavy atom. The normalized spacial score (nSPS) is 11.6. The molecule has 2 heterocycles. The van der Waals surface area contributed by atoms with Crippen LogP contribution in [-0.2, 0) is 0 Å². The molecule has 2 nitrogen and oxygen atoms in total. The maximum absolute atomic E-state index is 4.45. The zero-order valence-electron chi connectivity index (χ0n) is 27.1. The van der Waals surface area contributed by atoms with Gasteiger partial charge in [-0.05, 0) is 97.0 Å². The summed E-state index contributed by atoms with van der Waals surface area (Å²) in [5.74, 6) is 0. The van der Waals surface area contributed by atoms with Gasteiger partial charge in [0.15, 0.2) is 0 Å². The SMILES string of the molecule is c1ccc(-c2ccc(N(c3ccc(-c4cc5c6ccccc6ccc5c5ccccc45)cc3)c3cccc4c3sc3ccncc34)cc2)cc1. The first-order valence-corrected chi connectivity index (χ1v) is 17.8. The van der Waals surface area contributed by atoms with Gasteiger partial charge in [-0.25, -0.2) is 0 Å². The van der Waals surface area contributed by atoms with Gasteiger partial charge in [-0.3, -0.25) is 4.98 Å². The molecule has 3 heteroatoms. The number of hydrogen-bond acceptors (Lipinski definition) is 3. The van der Waals surface area contributed by atoms with Crippen LogP contribution < -0.4 is 4.90 Å². The number of fused-ring (bicyclic) bond motifs is 8. The first kappa shape index (κ1) is 28.7. The van der Waals surface area contributed by atoms with Crippen molar-refractivity contribution < 1.29 is 0 Å². The van der Waals surface area contributed by atoms with E-state index >= 15 is 0 Å². The van der Waals surface area contributed by atoms with Gasteiger partial charge in [0.05, 0.1) is 10.4 Å². The number of nitrogens with zero attached hydrogens (tertiary/aromatic N) is 2. The number of anilines is 3. The summed E-state index contributed by atoms with van der Waals surface area (Å²) in [7, 11) is 0. The molecule has 0 aliphatic rings. The van der Waals surface area contributed by atoms with Crippen molar-refractivity contribution in [1.82, 2.24) is 4.98 Å². The van der Waals surface area contributed by atoms with Crippen molar-refractivity contribution in [2.24, 2.45) is 0 Å². The van der Waals surface area contributed by atoms with E-state index in [0.717, 1.165) is 17.1 Å². The average molecular weight is 655 g/mol. The van der Waals surface area contributed by atoms with Gasteiger partial charge in [0.2, 0.25) is 0 Å². The third-order valence-electron chi connectivity index (χ3n) is 9.95. The summed E-state index contributed by atoms with van der Waals surface area (Å²) in [5.41, 5.74) is 8.24. The molecule has 10 rings (SSSR count). The number of rotatable bonds is 5. The van der Waals surface area contributed by atoms with Crippen LogP contribution in [0.2, 0.25) is 0 Å². The van der Waals surface area contributed by atoms with Crippen LogP contribution in [0.15, 0.2) is 182 Å². The first-order valence-electron chi connectivity index (χ1n) is 16.9. The third-order valence-corrected chi connectivity index (χ3v) is 11.2. The van der Waals surface area contributed by atoms with Gasteiger partial charge in [-0.1, -0.05) is 127 Å². The summed E-state index contributed by atoms with van der Waals surface area (Å²) < 4.78 is 2.49. The van der Waals surface area contributed by atoms with Crippen molar-refractivity contribution in [3.8, 4) is 22.3 Å². The Balaban J connectivity index is 1.15. The largest absolute Gasteiger partial charge is 0.309 e. The van der Waals surface area contributed by atoms with Gasteiger partial charge in [-0.15, -0.1) is 11.3 Å². The van der Waals surface area contributed by atoms with Crippen LogP contribution in [-0.4, -0.2) is 4.98 Å². The lowest BCUT2D eigenvalue weighted by atomic mass is 9.91. The van der Waals surface area contributed by atoms with E-state index in [1.165, 1.54) is 74.7 Å². The van der Waals surface area contributed by atoms with E-state index in [2.05, 4.69) is 180 Å². The second-order valence-corrected chi connectivity index (χ2v) is 13.8. The van der Waals surface area contributed by atoms with E-state index in [4.69, 9.17) is 0 Å². The van der Waals surface area contributed by atoms with E-state index in [0.29, 0.717) is 0 Å². The van der Waals surface area contributed by atoms with Gasteiger partial charge in [-0.2, -0.15) is 0 Å². The molecule has 0 aliphatic carbocycles. The van der Waals surface area contributed by atoms with E-state index in [-0.39, 0.29) is 0 Å². The van der Waals surface area contributed by atoms with Crippen molar-refractivity contribution in [2.75, 3.05) is 4.90 Å². The first-order chi connectivity index (χ1) is 24.8. The van der Waals surface area contributed by atoms with Crippen molar-refractivity contribution in [3.63, 3.8) is 0 Å². The Labute approximate surface area is 294 Å². The van der Waals surface area contributed by atoms with Gasteiger partial charge in [0, 0.05) is 39.2 Å². The molecule has 0 saturated carbocycles. The number of thiophene rings is 1. The Bertz CT molecular complexity index is 2850. The molecule has 0 fully saturated rings. The number of benzene rings is 8. The molecule has 0 bridgehead atoms. The summed E-state index contributed by atoms with van der Waals surface area (Å²) in [4.78, 5) is 6.85. The molecule has 10 aromatic rings. The van der Waals surface area contributed by atoms with Crippen LogP contribution in [0.4, 0.5) is 17.1 Å². The Hall–Kier alpha value is -6.29. The van der Waals surface area contributed by atoms with E-state index in [1.54, 1.807) is 0 Å². The minimum atomic E-state index is 1.11. The number of pyridine rings is 1. The lowest BCUT2D eigenvalue weighted by Crippen LogP contribution is -2.10. The summed E-state index contributed by atoms with van der Waals surface area (Å²) >= 11 is 1.83. The maximum atomic E-state index is 4.45. The molecule has 0 saturated heterocycles. The third kappa shape index (κ3) is 4.67. The monoisotopic (exact) mass is 654 g/mol. The molecule has 0 radical (unpaired) electrons.